The van der Waals surface area contributed by atoms with Crippen LogP contribution in [-0.4, -0.2) is 26.1 Å². The van der Waals surface area contributed by atoms with E-state index in [1.54, 1.807) is 0 Å². The molecular formula is C14H21N5. The van der Waals surface area contributed by atoms with E-state index in [9.17, 15) is 0 Å². The maximum Gasteiger partial charge on any atom is 0.180 e. The van der Waals surface area contributed by atoms with Gasteiger partial charge in [0.05, 0.1) is 12.5 Å². The molecule has 0 radical (unpaired) electrons. The Morgan fingerprint density at radius 1 is 1.26 bits per heavy atom. The van der Waals surface area contributed by atoms with Crippen molar-refractivity contribution < 1.29 is 0 Å². The lowest BCUT2D eigenvalue weighted by atomic mass is 10.3. The lowest BCUT2D eigenvalue weighted by Gasteiger charge is -2.12. The van der Waals surface area contributed by atoms with Gasteiger partial charge in [-0.25, -0.2) is 15.0 Å². The van der Waals surface area contributed by atoms with Crippen LogP contribution in [0.15, 0.2) is 18.6 Å². The topological polar surface area (TPSA) is 55.6 Å². The van der Waals surface area contributed by atoms with Gasteiger partial charge in [0.15, 0.2) is 5.82 Å². The van der Waals surface area contributed by atoms with E-state index in [1.807, 2.05) is 18.6 Å². The van der Waals surface area contributed by atoms with Crippen molar-refractivity contribution in [2.24, 2.45) is 0 Å². The number of nitrogens with zero attached hydrogens (tertiary/aromatic N) is 4. The summed E-state index contributed by atoms with van der Waals surface area (Å²) in [5.41, 5.74) is 2.00. The zero-order valence-electron chi connectivity index (χ0n) is 12.0. The second-order valence-corrected chi connectivity index (χ2v) is 4.73. The van der Waals surface area contributed by atoms with Gasteiger partial charge in [-0.2, -0.15) is 0 Å². The van der Waals surface area contributed by atoms with E-state index in [0.717, 1.165) is 36.0 Å². The average Bonchev–Trinajstić information content (AvgIpc) is 2.88. The van der Waals surface area contributed by atoms with Gasteiger partial charge in [0.1, 0.15) is 11.5 Å². The molecule has 0 atom stereocenters. The molecule has 0 aromatic carbocycles. The zero-order valence-corrected chi connectivity index (χ0v) is 12.0. The van der Waals surface area contributed by atoms with Gasteiger partial charge in [0.2, 0.25) is 0 Å². The zero-order chi connectivity index (χ0) is 13.8. The molecule has 0 saturated heterocycles. The predicted molar refractivity (Wildman–Crippen MR) is 77.2 cm³/mol. The van der Waals surface area contributed by atoms with E-state index < -0.39 is 0 Å². The Kier molecular flexibility index (Phi) is 4.14. The van der Waals surface area contributed by atoms with Crippen molar-refractivity contribution in [3.05, 3.63) is 24.3 Å². The molecule has 0 amide bonds. The molecule has 5 heteroatoms. The highest BCUT2D eigenvalue weighted by Crippen LogP contribution is 2.21. The first-order valence-electron chi connectivity index (χ1n) is 6.79. The molecule has 0 unspecified atom stereocenters. The molecule has 0 spiro atoms. The molecule has 2 rings (SSSR count). The minimum absolute atomic E-state index is 0.342. The first-order chi connectivity index (χ1) is 9.15. The van der Waals surface area contributed by atoms with Crippen LogP contribution in [0.4, 0.5) is 5.82 Å². The summed E-state index contributed by atoms with van der Waals surface area (Å²) in [4.78, 5) is 13.4. The van der Waals surface area contributed by atoms with Crippen LogP contribution in [0.5, 0.6) is 0 Å². The highest BCUT2D eigenvalue weighted by Gasteiger charge is 2.12. The molecule has 1 N–H and O–H groups in total. The van der Waals surface area contributed by atoms with Gasteiger partial charge in [-0.05, 0) is 27.2 Å². The smallest absolute Gasteiger partial charge is 0.180 e. The van der Waals surface area contributed by atoms with Crippen LogP contribution in [-0.2, 0) is 6.42 Å². The number of aryl methyl sites for hydroxylation is 1. The van der Waals surface area contributed by atoms with E-state index >= 15 is 0 Å². The number of anilines is 1. The van der Waals surface area contributed by atoms with Crippen LogP contribution >= 0.6 is 0 Å². The Morgan fingerprint density at radius 2 is 2.05 bits per heavy atom. The van der Waals surface area contributed by atoms with Gasteiger partial charge in [0.25, 0.3) is 0 Å². The highest BCUT2D eigenvalue weighted by molar-refractivity contribution is 5.53. The van der Waals surface area contributed by atoms with Crippen molar-refractivity contribution in [3.8, 4) is 11.5 Å². The Hall–Kier alpha value is -1.91. The first-order valence-corrected chi connectivity index (χ1v) is 6.79. The molecule has 2 aromatic heterocycles. The van der Waals surface area contributed by atoms with Crippen LogP contribution in [0.25, 0.3) is 11.5 Å². The highest BCUT2D eigenvalue weighted by atomic mass is 15.1. The van der Waals surface area contributed by atoms with Crippen LogP contribution < -0.4 is 5.32 Å². The number of rotatable bonds is 5. The maximum absolute atomic E-state index is 4.61. The molecule has 0 saturated carbocycles. The van der Waals surface area contributed by atoms with Crippen LogP contribution in [0, 0.1) is 0 Å². The fourth-order valence-corrected chi connectivity index (χ4v) is 1.95. The summed E-state index contributed by atoms with van der Waals surface area (Å²) < 4.78 is 2.09. The van der Waals surface area contributed by atoms with Crippen LogP contribution in [0.1, 0.15) is 39.4 Å². The van der Waals surface area contributed by atoms with E-state index in [-0.39, 0.29) is 0 Å². The van der Waals surface area contributed by atoms with Crippen LogP contribution in [0.3, 0.4) is 0 Å². The lowest BCUT2D eigenvalue weighted by molar-refractivity contribution is 0.603. The molecule has 2 aromatic rings. The predicted octanol–water partition coefficient (Wildman–Crippen LogP) is 2.92. The summed E-state index contributed by atoms with van der Waals surface area (Å²) in [5.74, 6) is 1.61. The number of aromatic nitrogens is 4. The lowest BCUT2D eigenvalue weighted by Crippen LogP contribution is -2.07. The van der Waals surface area contributed by atoms with Gasteiger partial charge < -0.3 is 9.88 Å². The van der Waals surface area contributed by atoms with Gasteiger partial charge in [0, 0.05) is 24.3 Å². The number of hydrogen-bond donors (Lipinski definition) is 1. The van der Waals surface area contributed by atoms with Crippen molar-refractivity contribution in [2.45, 2.75) is 40.2 Å². The minimum Gasteiger partial charge on any atom is -0.370 e. The molecule has 0 aliphatic carbocycles. The Balaban J connectivity index is 2.48. The molecule has 0 bridgehead atoms. The van der Waals surface area contributed by atoms with Gasteiger partial charge in [-0.15, -0.1) is 0 Å². The quantitative estimate of drug-likeness (QED) is 0.897. The Bertz CT molecular complexity index is 545. The summed E-state index contributed by atoms with van der Waals surface area (Å²) in [7, 11) is 0. The Labute approximate surface area is 114 Å². The standard InChI is InChI=1S/C14H21N5/c1-5-11-7-13(16-6-2)18-14(17-11)12-8-15-9-19(12)10(3)4/h7-10H,5-6H2,1-4H3,(H,16,17,18). The van der Waals surface area contributed by atoms with Gasteiger partial charge >= 0.3 is 0 Å². The number of imidazole rings is 1. The van der Waals surface area contributed by atoms with Gasteiger partial charge in [-0.1, -0.05) is 6.92 Å². The third kappa shape index (κ3) is 2.92. The number of hydrogen-bond acceptors (Lipinski definition) is 4. The summed E-state index contributed by atoms with van der Waals surface area (Å²) in [6.45, 7) is 9.26. The van der Waals surface area contributed by atoms with Crippen molar-refractivity contribution in [1.29, 1.82) is 0 Å². The molecule has 0 aliphatic heterocycles. The van der Waals surface area contributed by atoms with Crippen molar-refractivity contribution >= 4 is 5.82 Å². The maximum atomic E-state index is 4.61. The monoisotopic (exact) mass is 259 g/mol. The molecular weight excluding hydrogens is 238 g/mol. The summed E-state index contributed by atoms with van der Waals surface area (Å²) in [6.07, 6.45) is 4.54. The molecule has 0 aliphatic rings. The molecule has 0 fully saturated rings. The molecule has 2 heterocycles. The molecule has 102 valence electrons. The van der Waals surface area contributed by atoms with E-state index in [0.29, 0.717) is 6.04 Å². The van der Waals surface area contributed by atoms with Crippen molar-refractivity contribution in [3.63, 3.8) is 0 Å². The summed E-state index contributed by atoms with van der Waals surface area (Å²) in [6, 6.07) is 2.34. The number of nitrogens with one attached hydrogen (secondary N) is 1. The fraction of sp³-hybridized carbons (Fsp3) is 0.500. The van der Waals surface area contributed by atoms with Crippen LogP contribution in [0.2, 0.25) is 0 Å². The van der Waals surface area contributed by atoms with E-state index in [2.05, 4.69) is 52.5 Å². The van der Waals surface area contributed by atoms with Crippen molar-refractivity contribution in [2.75, 3.05) is 11.9 Å². The summed E-state index contributed by atoms with van der Waals surface area (Å²) in [5, 5.41) is 3.25. The average molecular weight is 259 g/mol. The largest absolute Gasteiger partial charge is 0.370 e. The Morgan fingerprint density at radius 3 is 2.68 bits per heavy atom. The third-order valence-electron chi connectivity index (χ3n) is 2.95. The second kappa shape index (κ2) is 5.82. The second-order valence-electron chi connectivity index (χ2n) is 4.73. The van der Waals surface area contributed by atoms with Crippen molar-refractivity contribution in [1.82, 2.24) is 19.5 Å². The molecule has 5 nitrogen and oxygen atoms in total. The first kappa shape index (κ1) is 13.5. The summed E-state index contributed by atoms with van der Waals surface area (Å²) >= 11 is 0. The normalized spacial score (nSPS) is 11.0. The van der Waals surface area contributed by atoms with E-state index in [4.69, 9.17) is 0 Å². The molecule has 19 heavy (non-hydrogen) atoms. The van der Waals surface area contributed by atoms with Gasteiger partial charge in [-0.3, -0.25) is 0 Å². The van der Waals surface area contributed by atoms with E-state index in [1.165, 1.54) is 0 Å². The third-order valence-corrected chi connectivity index (χ3v) is 2.95. The SMILES string of the molecule is CCNc1cc(CC)nc(-c2cncn2C(C)C)n1. The fourth-order valence-electron chi connectivity index (χ4n) is 1.95. The minimum atomic E-state index is 0.342.